The van der Waals surface area contributed by atoms with E-state index in [2.05, 4.69) is 10.3 Å². The van der Waals surface area contributed by atoms with Crippen LogP contribution in [0.15, 0.2) is 66.9 Å². The van der Waals surface area contributed by atoms with Crippen LogP contribution in [-0.2, 0) is 6.54 Å². The highest BCUT2D eigenvalue weighted by atomic mass is 35.5. The fraction of sp³-hybridized carbons (Fsp3) is 0.0526. The first-order chi connectivity index (χ1) is 11.6. The van der Waals surface area contributed by atoms with E-state index in [1.807, 2.05) is 30.3 Å². The van der Waals surface area contributed by atoms with Crippen LogP contribution in [0.4, 0.5) is 0 Å². The summed E-state index contributed by atoms with van der Waals surface area (Å²) in [6.07, 6.45) is 1.64. The summed E-state index contributed by atoms with van der Waals surface area (Å²) in [5, 5.41) is 12.6. The predicted molar refractivity (Wildman–Crippen MR) is 94.0 cm³/mol. The van der Waals surface area contributed by atoms with Crippen molar-refractivity contribution >= 4 is 17.5 Å². The summed E-state index contributed by atoms with van der Waals surface area (Å²) in [7, 11) is 0. The lowest BCUT2D eigenvalue weighted by Crippen LogP contribution is -2.22. The standard InChI is InChI=1S/C19H15ClN2O2/c20-18-10-1-13(11-21-18)12-22-19(24)16-4-2-14(3-5-16)15-6-8-17(23)9-7-15/h1-11,23H,12H2,(H,22,24). The van der Waals surface area contributed by atoms with Gasteiger partial charge >= 0.3 is 0 Å². The maximum atomic E-state index is 12.2. The van der Waals surface area contributed by atoms with Gasteiger partial charge in [0.15, 0.2) is 0 Å². The molecule has 3 rings (SSSR count). The largest absolute Gasteiger partial charge is 0.508 e. The minimum absolute atomic E-state index is 0.151. The second kappa shape index (κ2) is 7.15. The van der Waals surface area contributed by atoms with Crippen LogP contribution in [0.2, 0.25) is 5.15 Å². The SMILES string of the molecule is O=C(NCc1ccc(Cl)nc1)c1ccc(-c2ccc(O)cc2)cc1. The average molecular weight is 339 g/mol. The predicted octanol–water partition coefficient (Wildman–Crippen LogP) is 4.04. The number of aromatic nitrogens is 1. The Morgan fingerprint density at radius 2 is 1.58 bits per heavy atom. The van der Waals surface area contributed by atoms with Gasteiger partial charge in [-0.15, -0.1) is 0 Å². The maximum absolute atomic E-state index is 12.2. The van der Waals surface area contributed by atoms with Gasteiger partial charge in [-0.1, -0.05) is 41.9 Å². The maximum Gasteiger partial charge on any atom is 0.251 e. The molecule has 1 heterocycles. The molecule has 0 aliphatic carbocycles. The second-order valence-electron chi connectivity index (χ2n) is 5.30. The van der Waals surface area contributed by atoms with Crippen molar-refractivity contribution in [3.63, 3.8) is 0 Å². The van der Waals surface area contributed by atoms with E-state index >= 15 is 0 Å². The van der Waals surface area contributed by atoms with Gasteiger partial charge < -0.3 is 10.4 Å². The van der Waals surface area contributed by atoms with E-state index in [9.17, 15) is 9.90 Å². The number of benzene rings is 2. The molecule has 5 heteroatoms. The number of carbonyl (C=O) groups excluding carboxylic acids is 1. The Bertz CT molecular complexity index is 829. The number of nitrogens with one attached hydrogen (secondary N) is 1. The third-order valence-corrected chi connectivity index (χ3v) is 3.81. The van der Waals surface area contributed by atoms with Gasteiger partial charge in [0.25, 0.3) is 5.91 Å². The van der Waals surface area contributed by atoms with Gasteiger partial charge in [-0.2, -0.15) is 0 Å². The first-order valence-electron chi connectivity index (χ1n) is 7.40. The summed E-state index contributed by atoms with van der Waals surface area (Å²) in [5.74, 6) is 0.0774. The number of nitrogens with zero attached hydrogens (tertiary/aromatic N) is 1. The normalized spacial score (nSPS) is 10.4. The first kappa shape index (κ1) is 16.0. The summed E-state index contributed by atoms with van der Waals surface area (Å²) in [4.78, 5) is 16.2. The molecule has 1 aromatic heterocycles. The van der Waals surface area contributed by atoms with E-state index in [-0.39, 0.29) is 11.7 Å². The van der Waals surface area contributed by atoms with Crippen LogP contribution < -0.4 is 5.32 Å². The van der Waals surface area contributed by atoms with Gasteiger partial charge in [0.05, 0.1) is 0 Å². The first-order valence-corrected chi connectivity index (χ1v) is 7.78. The molecule has 0 saturated heterocycles. The van der Waals surface area contributed by atoms with Gasteiger partial charge in [0, 0.05) is 18.3 Å². The zero-order valence-corrected chi connectivity index (χ0v) is 13.5. The van der Waals surface area contributed by atoms with Crippen molar-refractivity contribution in [1.29, 1.82) is 0 Å². The molecule has 0 saturated carbocycles. The van der Waals surface area contributed by atoms with Crippen LogP contribution in [0, 0.1) is 0 Å². The van der Waals surface area contributed by atoms with Gasteiger partial charge in [-0.3, -0.25) is 4.79 Å². The van der Waals surface area contributed by atoms with Crippen molar-refractivity contribution in [3.8, 4) is 16.9 Å². The minimum Gasteiger partial charge on any atom is -0.508 e. The van der Waals surface area contributed by atoms with E-state index in [4.69, 9.17) is 11.6 Å². The molecule has 24 heavy (non-hydrogen) atoms. The lowest BCUT2D eigenvalue weighted by atomic mass is 10.0. The molecule has 0 spiro atoms. The van der Waals surface area contributed by atoms with Crippen molar-refractivity contribution in [2.45, 2.75) is 6.54 Å². The van der Waals surface area contributed by atoms with Crippen molar-refractivity contribution in [1.82, 2.24) is 10.3 Å². The molecule has 0 unspecified atom stereocenters. The molecule has 0 radical (unpaired) electrons. The van der Waals surface area contributed by atoms with Gasteiger partial charge in [-0.05, 0) is 47.0 Å². The molecule has 0 aliphatic rings. The summed E-state index contributed by atoms with van der Waals surface area (Å²) >= 11 is 5.73. The van der Waals surface area contributed by atoms with Crippen molar-refractivity contribution in [2.75, 3.05) is 0 Å². The summed E-state index contributed by atoms with van der Waals surface area (Å²) < 4.78 is 0. The number of hydrogen-bond donors (Lipinski definition) is 2. The molecule has 2 N–H and O–H groups in total. The molecular weight excluding hydrogens is 324 g/mol. The van der Waals surface area contributed by atoms with E-state index < -0.39 is 0 Å². The van der Waals surface area contributed by atoms with Crippen molar-refractivity contribution < 1.29 is 9.90 Å². The number of aromatic hydroxyl groups is 1. The van der Waals surface area contributed by atoms with Crippen molar-refractivity contribution in [3.05, 3.63) is 83.1 Å². The number of halogens is 1. The summed E-state index contributed by atoms with van der Waals surface area (Å²) in [6, 6.07) is 17.8. The topological polar surface area (TPSA) is 62.2 Å². The Hall–Kier alpha value is -2.85. The third kappa shape index (κ3) is 3.91. The van der Waals surface area contributed by atoms with E-state index in [1.54, 1.807) is 36.5 Å². The third-order valence-electron chi connectivity index (χ3n) is 3.59. The fourth-order valence-corrected chi connectivity index (χ4v) is 2.38. The number of amides is 1. The molecule has 0 atom stereocenters. The Kier molecular flexibility index (Phi) is 4.77. The monoisotopic (exact) mass is 338 g/mol. The summed E-state index contributed by atoms with van der Waals surface area (Å²) in [6.45, 7) is 0.392. The molecule has 2 aromatic carbocycles. The lowest BCUT2D eigenvalue weighted by molar-refractivity contribution is 0.0951. The quantitative estimate of drug-likeness (QED) is 0.706. The molecule has 0 aliphatic heterocycles. The van der Waals surface area contributed by atoms with Crippen LogP contribution in [0.25, 0.3) is 11.1 Å². The number of phenols is 1. The van der Waals surface area contributed by atoms with Gasteiger partial charge in [0.1, 0.15) is 10.9 Å². The highest BCUT2D eigenvalue weighted by Crippen LogP contribution is 2.22. The molecule has 4 nitrogen and oxygen atoms in total. The highest BCUT2D eigenvalue weighted by Gasteiger charge is 2.06. The van der Waals surface area contributed by atoms with Crippen LogP contribution in [0.3, 0.4) is 0 Å². The average Bonchev–Trinajstić information content (AvgIpc) is 2.62. The molecule has 120 valence electrons. The van der Waals surface area contributed by atoms with Crippen LogP contribution in [0.5, 0.6) is 5.75 Å². The molecular formula is C19H15ClN2O2. The van der Waals surface area contributed by atoms with E-state index in [0.29, 0.717) is 17.3 Å². The molecule has 0 fully saturated rings. The zero-order valence-electron chi connectivity index (χ0n) is 12.7. The smallest absolute Gasteiger partial charge is 0.251 e. The van der Waals surface area contributed by atoms with Crippen LogP contribution >= 0.6 is 11.6 Å². The van der Waals surface area contributed by atoms with Crippen LogP contribution in [0.1, 0.15) is 15.9 Å². The molecule has 1 amide bonds. The molecule has 3 aromatic rings. The zero-order chi connectivity index (χ0) is 16.9. The van der Waals surface area contributed by atoms with Crippen LogP contribution in [-0.4, -0.2) is 16.0 Å². The van der Waals surface area contributed by atoms with E-state index in [1.165, 1.54) is 0 Å². The number of carbonyl (C=O) groups is 1. The number of hydrogen-bond acceptors (Lipinski definition) is 3. The number of phenolic OH excluding ortho intramolecular Hbond substituents is 1. The number of rotatable bonds is 4. The fourth-order valence-electron chi connectivity index (χ4n) is 2.26. The van der Waals surface area contributed by atoms with Gasteiger partial charge in [-0.25, -0.2) is 4.98 Å². The highest BCUT2D eigenvalue weighted by molar-refractivity contribution is 6.29. The number of pyridine rings is 1. The Morgan fingerprint density at radius 1 is 0.958 bits per heavy atom. The Labute approximate surface area is 144 Å². The lowest BCUT2D eigenvalue weighted by Gasteiger charge is -2.07. The molecule has 0 bridgehead atoms. The minimum atomic E-state index is -0.151. The second-order valence-corrected chi connectivity index (χ2v) is 5.68. The van der Waals surface area contributed by atoms with Gasteiger partial charge in [0.2, 0.25) is 0 Å². The van der Waals surface area contributed by atoms with Crippen molar-refractivity contribution in [2.24, 2.45) is 0 Å². The Balaban J connectivity index is 1.65. The summed E-state index contributed by atoms with van der Waals surface area (Å²) in [5.41, 5.74) is 3.42. The van der Waals surface area contributed by atoms with E-state index in [0.717, 1.165) is 16.7 Å². The Morgan fingerprint density at radius 3 is 2.17 bits per heavy atom.